The Bertz CT molecular complexity index is 437. The van der Waals surface area contributed by atoms with E-state index < -0.39 is 0 Å². The van der Waals surface area contributed by atoms with E-state index >= 15 is 0 Å². The Balaban J connectivity index is 1.95. The van der Waals surface area contributed by atoms with Crippen LogP contribution >= 0.6 is 0 Å². The van der Waals surface area contributed by atoms with Crippen LogP contribution in [-0.2, 0) is 6.42 Å². The lowest BCUT2D eigenvalue weighted by Crippen LogP contribution is -2.32. The Morgan fingerprint density at radius 1 is 1.11 bits per heavy atom. The van der Waals surface area contributed by atoms with Crippen molar-refractivity contribution in [3.05, 3.63) is 29.3 Å². The third kappa shape index (κ3) is 2.51. The summed E-state index contributed by atoms with van der Waals surface area (Å²) in [5.41, 5.74) is 8.87. The van der Waals surface area contributed by atoms with E-state index in [1.807, 2.05) is 12.1 Å². The lowest BCUT2D eigenvalue weighted by molar-refractivity contribution is 0.226. The summed E-state index contributed by atoms with van der Waals surface area (Å²) >= 11 is 0. The van der Waals surface area contributed by atoms with Gasteiger partial charge in [0.15, 0.2) is 0 Å². The molecule has 1 aromatic rings. The molecule has 2 aliphatic rings. The molecule has 104 valence electrons. The fraction of sp³-hybridized carbons (Fsp3) is 0.647. The first-order valence-electron chi connectivity index (χ1n) is 7.81. The third-order valence-corrected chi connectivity index (χ3v) is 5.24. The highest BCUT2D eigenvalue weighted by molar-refractivity contribution is 5.40. The van der Waals surface area contributed by atoms with Crippen molar-refractivity contribution in [3.63, 3.8) is 0 Å². The first-order chi connectivity index (χ1) is 9.29. The molecule has 2 unspecified atom stereocenters. The number of phenols is 1. The molecule has 0 aromatic heterocycles. The molecule has 19 heavy (non-hydrogen) atoms. The smallest absolute Gasteiger partial charge is 0.115 e. The number of aryl methyl sites for hydroxylation is 1. The highest BCUT2D eigenvalue weighted by Gasteiger charge is 2.35. The van der Waals surface area contributed by atoms with Gasteiger partial charge in [0.05, 0.1) is 0 Å². The molecule has 2 aliphatic carbocycles. The Morgan fingerprint density at radius 2 is 1.89 bits per heavy atom. The molecule has 0 amide bonds. The van der Waals surface area contributed by atoms with E-state index in [0.29, 0.717) is 17.6 Å². The normalized spacial score (nSPS) is 28.1. The van der Waals surface area contributed by atoms with Gasteiger partial charge in [-0.25, -0.2) is 0 Å². The number of nitrogens with two attached hydrogens (primary N) is 1. The van der Waals surface area contributed by atoms with E-state index in [0.717, 1.165) is 18.9 Å². The summed E-state index contributed by atoms with van der Waals surface area (Å²) in [6.45, 7) is 0.788. The predicted molar refractivity (Wildman–Crippen MR) is 78.3 cm³/mol. The molecule has 0 aliphatic heterocycles. The second-order valence-corrected chi connectivity index (χ2v) is 6.34. The average Bonchev–Trinajstić information content (AvgIpc) is 2.46. The summed E-state index contributed by atoms with van der Waals surface area (Å²) in [5.74, 6) is 2.39. The van der Waals surface area contributed by atoms with Crippen LogP contribution in [-0.4, -0.2) is 11.7 Å². The van der Waals surface area contributed by atoms with E-state index in [2.05, 4.69) is 6.07 Å². The molecule has 2 atom stereocenters. The fourth-order valence-corrected chi connectivity index (χ4v) is 4.29. The van der Waals surface area contributed by atoms with Gasteiger partial charge in [0.25, 0.3) is 0 Å². The van der Waals surface area contributed by atoms with Crippen molar-refractivity contribution in [2.75, 3.05) is 6.54 Å². The molecule has 3 rings (SSSR count). The molecule has 1 aromatic carbocycles. The Morgan fingerprint density at radius 3 is 2.63 bits per heavy atom. The van der Waals surface area contributed by atoms with E-state index in [1.165, 1.54) is 49.7 Å². The largest absolute Gasteiger partial charge is 0.508 e. The summed E-state index contributed by atoms with van der Waals surface area (Å²) in [6.07, 6.45) is 9.16. The third-order valence-electron chi connectivity index (χ3n) is 5.24. The first kappa shape index (κ1) is 13.0. The number of benzene rings is 1. The summed E-state index contributed by atoms with van der Waals surface area (Å²) in [6, 6.07) is 5.96. The predicted octanol–water partition coefficient (Wildman–Crippen LogP) is 3.58. The highest BCUT2D eigenvalue weighted by atomic mass is 16.3. The number of rotatable bonds is 2. The molecule has 0 saturated heterocycles. The number of aromatic hydroxyl groups is 1. The maximum absolute atomic E-state index is 9.83. The van der Waals surface area contributed by atoms with E-state index in [9.17, 15) is 5.11 Å². The van der Waals surface area contributed by atoms with Crippen molar-refractivity contribution in [3.8, 4) is 5.75 Å². The molecular formula is C17H25NO. The van der Waals surface area contributed by atoms with Crippen LogP contribution in [0.2, 0.25) is 0 Å². The van der Waals surface area contributed by atoms with Gasteiger partial charge < -0.3 is 10.8 Å². The molecule has 3 N–H and O–H groups in total. The monoisotopic (exact) mass is 259 g/mol. The van der Waals surface area contributed by atoms with E-state index in [-0.39, 0.29) is 0 Å². The summed E-state index contributed by atoms with van der Waals surface area (Å²) < 4.78 is 0. The lowest BCUT2D eigenvalue weighted by atomic mass is 9.65. The fourth-order valence-electron chi connectivity index (χ4n) is 4.29. The summed E-state index contributed by atoms with van der Waals surface area (Å²) in [5, 5.41) is 9.83. The SMILES string of the molecule is NCC1CCc2ccc(O)cc2C1C1CCCCC1. The van der Waals surface area contributed by atoms with Crippen LogP contribution in [0.1, 0.15) is 55.6 Å². The van der Waals surface area contributed by atoms with E-state index in [1.54, 1.807) is 0 Å². The van der Waals surface area contributed by atoms with Gasteiger partial charge in [-0.2, -0.15) is 0 Å². The van der Waals surface area contributed by atoms with Gasteiger partial charge in [-0.3, -0.25) is 0 Å². The zero-order chi connectivity index (χ0) is 13.2. The minimum absolute atomic E-state index is 0.414. The van der Waals surface area contributed by atoms with Crippen molar-refractivity contribution >= 4 is 0 Å². The molecule has 0 spiro atoms. The van der Waals surface area contributed by atoms with Crippen LogP contribution in [0.4, 0.5) is 0 Å². The number of hydrogen-bond donors (Lipinski definition) is 2. The second kappa shape index (κ2) is 5.54. The zero-order valence-electron chi connectivity index (χ0n) is 11.6. The molecule has 0 bridgehead atoms. The van der Waals surface area contributed by atoms with Gasteiger partial charge in [-0.1, -0.05) is 25.3 Å². The molecule has 1 saturated carbocycles. The van der Waals surface area contributed by atoms with Crippen LogP contribution in [0.5, 0.6) is 5.75 Å². The van der Waals surface area contributed by atoms with Gasteiger partial charge in [-0.15, -0.1) is 0 Å². The lowest BCUT2D eigenvalue weighted by Gasteiger charge is -2.40. The number of hydrogen-bond acceptors (Lipinski definition) is 2. The quantitative estimate of drug-likeness (QED) is 0.852. The topological polar surface area (TPSA) is 46.2 Å². The van der Waals surface area contributed by atoms with Crippen LogP contribution in [0, 0.1) is 11.8 Å². The maximum atomic E-state index is 9.83. The van der Waals surface area contributed by atoms with Crippen molar-refractivity contribution in [1.29, 1.82) is 0 Å². The number of fused-ring (bicyclic) bond motifs is 1. The average molecular weight is 259 g/mol. The minimum atomic E-state index is 0.414. The van der Waals surface area contributed by atoms with Crippen molar-refractivity contribution in [2.24, 2.45) is 17.6 Å². The van der Waals surface area contributed by atoms with Gasteiger partial charge in [0.1, 0.15) is 5.75 Å². The summed E-state index contributed by atoms with van der Waals surface area (Å²) in [4.78, 5) is 0. The number of phenolic OH excluding ortho intramolecular Hbond substituents is 1. The van der Waals surface area contributed by atoms with Crippen molar-refractivity contribution in [1.82, 2.24) is 0 Å². The molecule has 1 fully saturated rings. The molecule has 2 nitrogen and oxygen atoms in total. The highest BCUT2D eigenvalue weighted by Crippen LogP contribution is 2.46. The molecule has 0 radical (unpaired) electrons. The van der Waals surface area contributed by atoms with Gasteiger partial charge >= 0.3 is 0 Å². The second-order valence-electron chi connectivity index (χ2n) is 6.34. The van der Waals surface area contributed by atoms with Crippen molar-refractivity contribution < 1.29 is 5.11 Å². The maximum Gasteiger partial charge on any atom is 0.115 e. The van der Waals surface area contributed by atoms with E-state index in [4.69, 9.17) is 5.73 Å². The standard InChI is InChI=1S/C17H25NO/c18-11-14-7-6-12-8-9-15(19)10-16(12)17(14)13-4-2-1-3-5-13/h8-10,13-14,17,19H,1-7,11,18H2. The Labute approximate surface area is 116 Å². The van der Waals surface area contributed by atoms with Gasteiger partial charge in [0, 0.05) is 0 Å². The van der Waals surface area contributed by atoms with Crippen LogP contribution in [0.3, 0.4) is 0 Å². The molecule has 2 heteroatoms. The van der Waals surface area contributed by atoms with Crippen LogP contribution < -0.4 is 5.73 Å². The Hall–Kier alpha value is -1.02. The zero-order valence-corrected chi connectivity index (χ0v) is 11.6. The minimum Gasteiger partial charge on any atom is -0.508 e. The van der Waals surface area contributed by atoms with Crippen LogP contribution in [0.15, 0.2) is 18.2 Å². The van der Waals surface area contributed by atoms with Gasteiger partial charge in [0.2, 0.25) is 0 Å². The molecule has 0 heterocycles. The Kier molecular flexibility index (Phi) is 3.79. The molecular weight excluding hydrogens is 234 g/mol. The first-order valence-corrected chi connectivity index (χ1v) is 7.81. The van der Waals surface area contributed by atoms with Crippen LogP contribution in [0.25, 0.3) is 0 Å². The van der Waals surface area contributed by atoms with Gasteiger partial charge in [-0.05, 0) is 73.2 Å². The summed E-state index contributed by atoms with van der Waals surface area (Å²) in [7, 11) is 0. The van der Waals surface area contributed by atoms with Crippen molar-refractivity contribution in [2.45, 2.75) is 50.9 Å².